The first kappa shape index (κ1) is 19.1. The lowest BCUT2D eigenvalue weighted by atomic mass is 9.74. The number of hydrogen-bond acceptors (Lipinski definition) is 5. The van der Waals surface area contributed by atoms with Crippen molar-refractivity contribution in [3.05, 3.63) is 65.6 Å². The Morgan fingerprint density at radius 3 is 2.55 bits per heavy atom. The van der Waals surface area contributed by atoms with Gasteiger partial charge >= 0.3 is 5.97 Å². The van der Waals surface area contributed by atoms with Gasteiger partial charge in [-0.25, -0.2) is 14.3 Å². The molecule has 0 bridgehead atoms. The van der Waals surface area contributed by atoms with Crippen LogP contribution in [0.4, 0.5) is 0 Å². The molecule has 7 nitrogen and oxygen atoms in total. The largest absolute Gasteiger partial charge is 0.462 e. The number of aromatic nitrogens is 3. The first-order valence-electron chi connectivity index (χ1n) is 9.87. The Morgan fingerprint density at radius 2 is 1.86 bits per heavy atom. The van der Waals surface area contributed by atoms with Gasteiger partial charge in [0.1, 0.15) is 5.56 Å². The topological polar surface area (TPSA) is 76.8 Å². The summed E-state index contributed by atoms with van der Waals surface area (Å²) in [5.41, 5.74) is 2.53. The molecule has 0 spiro atoms. The molecule has 7 heteroatoms. The van der Waals surface area contributed by atoms with Crippen molar-refractivity contribution < 1.29 is 14.3 Å². The van der Waals surface area contributed by atoms with Crippen molar-refractivity contribution in [1.29, 1.82) is 0 Å². The van der Waals surface area contributed by atoms with Gasteiger partial charge < -0.3 is 9.64 Å². The van der Waals surface area contributed by atoms with Crippen LogP contribution in [0.2, 0.25) is 0 Å². The second kappa shape index (κ2) is 7.66. The molecule has 1 aromatic carbocycles. The van der Waals surface area contributed by atoms with E-state index in [4.69, 9.17) is 4.74 Å². The van der Waals surface area contributed by atoms with E-state index < -0.39 is 5.97 Å². The van der Waals surface area contributed by atoms with Crippen LogP contribution in [0.15, 0.2) is 48.9 Å². The molecule has 150 valence electrons. The normalized spacial score (nSPS) is 16.0. The molecule has 0 radical (unpaired) electrons. The van der Waals surface area contributed by atoms with Crippen molar-refractivity contribution in [2.75, 3.05) is 19.7 Å². The van der Waals surface area contributed by atoms with E-state index in [1.165, 1.54) is 22.5 Å². The van der Waals surface area contributed by atoms with Gasteiger partial charge in [0.05, 0.1) is 18.4 Å². The SMILES string of the molecule is CCOC(=O)c1cnn2cc(C(=O)N3CCC(C)(c4ccccc4)CC3)cnc12. The summed E-state index contributed by atoms with van der Waals surface area (Å²) in [6.45, 7) is 5.67. The van der Waals surface area contributed by atoms with E-state index in [1.54, 1.807) is 13.1 Å². The summed E-state index contributed by atoms with van der Waals surface area (Å²) in [6, 6.07) is 10.5. The number of fused-ring (bicyclic) bond motifs is 1. The van der Waals surface area contributed by atoms with Gasteiger partial charge in [0.15, 0.2) is 5.65 Å². The van der Waals surface area contributed by atoms with E-state index >= 15 is 0 Å². The highest BCUT2D eigenvalue weighted by molar-refractivity contribution is 5.97. The molecule has 1 saturated heterocycles. The highest BCUT2D eigenvalue weighted by Crippen LogP contribution is 2.35. The Morgan fingerprint density at radius 1 is 1.14 bits per heavy atom. The fourth-order valence-electron chi connectivity index (χ4n) is 3.85. The Balaban J connectivity index is 1.49. The second-order valence-electron chi connectivity index (χ2n) is 7.61. The number of rotatable bonds is 4. The smallest absolute Gasteiger partial charge is 0.343 e. The highest BCUT2D eigenvalue weighted by atomic mass is 16.5. The number of likely N-dealkylation sites (tertiary alicyclic amines) is 1. The molecule has 1 aliphatic rings. The molecule has 0 aliphatic carbocycles. The van der Waals surface area contributed by atoms with Crippen molar-refractivity contribution in [3.8, 4) is 0 Å². The van der Waals surface area contributed by atoms with E-state index in [1.807, 2.05) is 11.0 Å². The van der Waals surface area contributed by atoms with Crippen LogP contribution in [0.1, 0.15) is 53.0 Å². The zero-order valence-corrected chi connectivity index (χ0v) is 16.7. The standard InChI is InChI=1S/C22H24N4O3/c1-3-29-21(28)18-14-24-26-15-16(13-23-19(18)26)20(27)25-11-9-22(2,10-12-25)17-7-5-4-6-8-17/h4-8,13-15H,3,9-12H2,1-2H3. The maximum absolute atomic E-state index is 13.0. The molecule has 29 heavy (non-hydrogen) atoms. The lowest BCUT2D eigenvalue weighted by molar-refractivity contribution is 0.0528. The van der Waals surface area contributed by atoms with Crippen molar-refractivity contribution in [1.82, 2.24) is 19.5 Å². The van der Waals surface area contributed by atoms with E-state index in [0.29, 0.717) is 29.9 Å². The van der Waals surface area contributed by atoms with Crippen LogP contribution in [0.25, 0.3) is 5.65 Å². The molecule has 2 aromatic heterocycles. The van der Waals surface area contributed by atoms with E-state index in [2.05, 4.69) is 41.3 Å². The molecule has 1 amide bonds. The average molecular weight is 392 g/mol. The minimum atomic E-state index is -0.467. The van der Waals surface area contributed by atoms with Crippen LogP contribution in [0, 0.1) is 0 Å². The van der Waals surface area contributed by atoms with Gasteiger partial charge in [-0.05, 0) is 30.7 Å². The van der Waals surface area contributed by atoms with Crippen molar-refractivity contribution in [2.24, 2.45) is 0 Å². The van der Waals surface area contributed by atoms with E-state index in [9.17, 15) is 9.59 Å². The second-order valence-corrected chi connectivity index (χ2v) is 7.61. The Labute approximate surface area is 169 Å². The van der Waals surface area contributed by atoms with Crippen LogP contribution < -0.4 is 0 Å². The van der Waals surface area contributed by atoms with Crippen molar-refractivity contribution >= 4 is 17.5 Å². The quantitative estimate of drug-likeness (QED) is 0.638. The van der Waals surface area contributed by atoms with Gasteiger partial charge in [0.25, 0.3) is 5.91 Å². The number of nitrogens with zero attached hydrogens (tertiary/aromatic N) is 4. The van der Waals surface area contributed by atoms with Gasteiger partial charge in [-0.15, -0.1) is 0 Å². The third-order valence-corrected chi connectivity index (χ3v) is 5.72. The predicted molar refractivity (Wildman–Crippen MR) is 108 cm³/mol. The predicted octanol–water partition coefficient (Wildman–Crippen LogP) is 3.10. The molecule has 0 N–H and O–H groups in total. The molecule has 3 aromatic rings. The zero-order chi connectivity index (χ0) is 20.4. The summed E-state index contributed by atoms with van der Waals surface area (Å²) < 4.78 is 6.47. The summed E-state index contributed by atoms with van der Waals surface area (Å²) in [5, 5.41) is 4.16. The van der Waals surface area contributed by atoms with Gasteiger partial charge in [-0.1, -0.05) is 37.3 Å². The van der Waals surface area contributed by atoms with Crippen LogP contribution in [-0.4, -0.2) is 51.1 Å². The summed E-state index contributed by atoms with van der Waals surface area (Å²) in [6.07, 6.45) is 6.37. The lowest BCUT2D eigenvalue weighted by Gasteiger charge is -2.39. The third-order valence-electron chi connectivity index (χ3n) is 5.72. The number of hydrogen-bond donors (Lipinski definition) is 0. The minimum Gasteiger partial charge on any atom is -0.462 e. The highest BCUT2D eigenvalue weighted by Gasteiger charge is 2.33. The number of carbonyl (C=O) groups excluding carboxylic acids is 2. The maximum atomic E-state index is 13.0. The lowest BCUT2D eigenvalue weighted by Crippen LogP contribution is -2.44. The van der Waals surface area contributed by atoms with Crippen LogP contribution in [0.3, 0.4) is 0 Å². The Hall–Kier alpha value is -3.22. The first-order chi connectivity index (χ1) is 14.0. The zero-order valence-electron chi connectivity index (χ0n) is 16.7. The summed E-state index contributed by atoms with van der Waals surface area (Å²) in [5.74, 6) is -0.534. The summed E-state index contributed by atoms with van der Waals surface area (Å²) in [7, 11) is 0. The molecule has 0 atom stereocenters. The molecule has 0 unspecified atom stereocenters. The Kier molecular flexibility index (Phi) is 5.05. The molecule has 1 aliphatic heterocycles. The minimum absolute atomic E-state index is 0.0669. The first-order valence-corrected chi connectivity index (χ1v) is 9.87. The maximum Gasteiger partial charge on any atom is 0.343 e. The van der Waals surface area contributed by atoms with Crippen LogP contribution >= 0.6 is 0 Å². The molecule has 3 heterocycles. The Bertz CT molecular complexity index is 1040. The number of esters is 1. The van der Waals surface area contributed by atoms with Crippen LogP contribution in [0.5, 0.6) is 0 Å². The number of ether oxygens (including phenoxy) is 1. The van der Waals surface area contributed by atoms with Gasteiger partial charge in [0.2, 0.25) is 0 Å². The van der Waals surface area contributed by atoms with Gasteiger partial charge in [-0.3, -0.25) is 4.79 Å². The molecule has 1 fully saturated rings. The molecular formula is C22H24N4O3. The van der Waals surface area contributed by atoms with E-state index in [0.717, 1.165) is 12.8 Å². The van der Waals surface area contributed by atoms with Crippen molar-refractivity contribution in [2.45, 2.75) is 32.1 Å². The summed E-state index contributed by atoms with van der Waals surface area (Å²) in [4.78, 5) is 31.1. The van der Waals surface area contributed by atoms with Gasteiger partial charge in [0, 0.05) is 25.5 Å². The molecular weight excluding hydrogens is 368 g/mol. The average Bonchev–Trinajstić information content (AvgIpc) is 3.18. The fraction of sp³-hybridized carbons (Fsp3) is 0.364. The monoisotopic (exact) mass is 392 g/mol. The fourth-order valence-corrected chi connectivity index (χ4v) is 3.85. The van der Waals surface area contributed by atoms with Crippen molar-refractivity contribution in [3.63, 3.8) is 0 Å². The molecule has 4 rings (SSSR count). The third kappa shape index (κ3) is 3.60. The summed E-state index contributed by atoms with van der Waals surface area (Å²) >= 11 is 0. The number of piperidine rings is 1. The number of amides is 1. The van der Waals surface area contributed by atoms with Gasteiger partial charge in [-0.2, -0.15) is 5.10 Å². The number of benzene rings is 1. The molecule has 0 saturated carbocycles. The van der Waals surface area contributed by atoms with E-state index in [-0.39, 0.29) is 17.9 Å². The number of carbonyl (C=O) groups is 2. The van der Waals surface area contributed by atoms with Crippen LogP contribution in [-0.2, 0) is 10.2 Å².